The average Bonchev–Trinajstić information content (AvgIpc) is 3.47. The SMILES string of the molecule is COc1c(-c2nn3c(-c4oc5ccccc5c4C)nnc3s2)cc2ccccc2c1Br. The number of rotatable bonds is 3. The van der Waals surface area contributed by atoms with Crippen LogP contribution in [0.2, 0.25) is 0 Å². The summed E-state index contributed by atoms with van der Waals surface area (Å²) in [7, 11) is 1.67. The number of methoxy groups -OCH3 is 1. The van der Waals surface area contributed by atoms with Crippen molar-refractivity contribution in [2.24, 2.45) is 0 Å². The molecule has 8 heteroatoms. The molecule has 0 saturated carbocycles. The Morgan fingerprint density at radius 3 is 2.61 bits per heavy atom. The third-order valence-corrected chi connectivity index (χ3v) is 7.13. The molecule has 0 amide bonds. The fraction of sp³-hybridized carbons (Fsp3) is 0.0870. The molecular weight excluding hydrogens is 476 g/mol. The Kier molecular flexibility index (Phi) is 4.12. The van der Waals surface area contributed by atoms with Crippen molar-refractivity contribution in [1.82, 2.24) is 19.8 Å². The fourth-order valence-corrected chi connectivity index (χ4v) is 5.49. The summed E-state index contributed by atoms with van der Waals surface area (Å²) in [6, 6.07) is 18.2. The molecule has 152 valence electrons. The molecule has 0 bridgehead atoms. The van der Waals surface area contributed by atoms with E-state index in [1.807, 2.05) is 43.3 Å². The number of benzene rings is 3. The van der Waals surface area contributed by atoms with Gasteiger partial charge in [-0.3, -0.25) is 0 Å². The van der Waals surface area contributed by atoms with Crippen LogP contribution >= 0.6 is 27.3 Å². The summed E-state index contributed by atoms with van der Waals surface area (Å²) in [6.45, 7) is 2.03. The van der Waals surface area contributed by atoms with Gasteiger partial charge in [0.1, 0.15) is 11.3 Å². The predicted octanol–water partition coefficient (Wildman–Crippen LogP) is 6.50. The summed E-state index contributed by atoms with van der Waals surface area (Å²) in [6.07, 6.45) is 0. The summed E-state index contributed by atoms with van der Waals surface area (Å²) in [5.74, 6) is 2.01. The number of ether oxygens (including phenoxy) is 1. The third kappa shape index (κ3) is 2.72. The molecule has 0 fully saturated rings. The number of nitrogens with zero attached hydrogens (tertiary/aromatic N) is 4. The van der Waals surface area contributed by atoms with Gasteiger partial charge in [0.05, 0.1) is 17.1 Å². The van der Waals surface area contributed by atoms with E-state index in [1.54, 1.807) is 11.6 Å². The predicted molar refractivity (Wildman–Crippen MR) is 126 cm³/mol. The lowest BCUT2D eigenvalue weighted by Crippen LogP contribution is -1.94. The lowest BCUT2D eigenvalue weighted by atomic mass is 10.1. The maximum absolute atomic E-state index is 6.10. The molecule has 6 rings (SSSR count). The van der Waals surface area contributed by atoms with Gasteiger partial charge in [-0.05, 0) is 45.8 Å². The minimum Gasteiger partial charge on any atom is -0.495 e. The number of furan rings is 1. The molecule has 3 aromatic heterocycles. The Labute approximate surface area is 189 Å². The van der Waals surface area contributed by atoms with Gasteiger partial charge >= 0.3 is 0 Å². The molecule has 6 aromatic rings. The zero-order valence-electron chi connectivity index (χ0n) is 16.6. The summed E-state index contributed by atoms with van der Waals surface area (Å²) >= 11 is 5.17. The highest BCUT2D eigenvalue weighted by Gasteiger charge is 2.23. The van der Waals surface area contributed by atoms with Gasteiger partial charge in [0.15, 0.2) is 10.8 Å². The zero-order valence-corrected chi connectivity index (χ0v) is 19.0. The molecule has 0 radical (unpaired) electrons. The first-order valence-electron chi connectivity index (χ1n) is 9.62. The fourth-order valence-electron chi connectivity index (χ4n) is 3.90. The molecule has 3 aromatic carbocycles. The number of hydrogen-bond donors (Lipinski definition) is 0. The van der Waals surface area contributed by atoms with Crippen molar-refractivity contribution in [3.63, 3.8) is 0 Å². The third-order valence-electron chi connectivity index (χ3n) is 5.41. The average molecular weight is 491 g/mol. The van der Waals surface area contributed by atoms with Crippen molar-refractivity contribution >= 4 is 54.0 Å². The quantitative estimate of drug-likeness (QED) is 0.283. The van der Waals surface area contributed by atoms with Crippen LogP contribution in [-0.2, 0) is 0 Å². The van der Waals surface area contributed by atoms with E-state index in [1.165, 1.54) is 11.3 Å². The smallest absolute Gasteiger partial charge is 0.235 e. The van der Waals surface area contributed by atoms with Gasteiger partial charge in [-0.2, -0.15) is 9.61 Å². The second-order valence-electron chi connectivity index (χ2n) is 7.17. The van der Waals surface area contributed by atoms with Crippen LogP contribution in [0, 0.1) is 6.92 Å². The van der Waals surface area contributed by atoms with E-state index in [9.17, 15) is 0 Å². The number of aryl methyl sites for hydroxylation is 1. The summed E-state index contributed by atoms with van der Waals surface area (Å²) in [5.41, 5.74) is 2.74. The first-order valence-corrected chi connectivity index (χ1v) is 11.2. The number of para-hydroxylation sites is 1. The van der Waals surface area contributed by atoms with Crippen LogP contribution in [0.25, 0.3) is 48.9 Å². The Hall–Kier alpha value is -3.23. The standard InChI is InChI=1S/C23H15BrN4O2S/c1-12-14-8-5-6-10-17(14)30-19(12)21-25-26-23-28(21)27-22(31-23)16-11-13-7-3-4-9-15(13)18(24)20(16)29-2/h3-11H,1-2H3. The van der Waals surface area contributed by atoms with Crippen LogP contribution in [0.1, 0.15) is 5.56 Å². The zero-order chi connectivity index (χ0) is 21.1. The van der Waals surface area contributed by atoms with Gasteiger partial charge in [-0.25, -0.2) is 0 Å². The highest BCUT2D eigenvalue weighted by molar-refractivity contribution is 9.10. The Morgan fingerprint density at radius 2 is 1.81 bits per heavy atom. The van der Waals surface area contributed by atoms with Crippen molar-refractivity contribution in [2.75, 3.05) is 7.11 Å². The molecule has 0 spiro atoms. The van der Waals surface area contributed by atoms with Crippen molar-refractivity contribution in [3.8, 4) is 27.9 Å². The van der Waals surface area contributed by atoms with Crippen LogP contribution in [0.15, 0.2) is 63.5 Å². The van der Waals surface area contributed by atoms with Gasteiger partial charge in [0, 0.05) is 10.9 Å². The maximum atomic E-state index is 6.10. The number of fused-ring (bicyclic) bond motifs is 3. The Balaban J connectivity index is 1.57. The second-order valence-corrected chi connectivity index (χ2v) is 8.92. The summed E-state index contributed by atoms with van der Waals surface area (Å²) < 4.78 is 14.5. The van der Waals surface area contributed by atoms with Crippen LogP contribution in [0.5, 0.6) is 5.75 Å². The lowest BCUT2D eigenvalue weighted by molar-refractivity contribution is 0.414. The van der Waals surface area contributed by atoms with Crippen molar-refractivity contribution in [1.29, 1.82) is 0 Å². The maximum Gasteiger partial charge on any atom is 0.235 e. The molecule has 31 heavy (non-hydrogen) atoms. The molecule has 0 unspecified atom stereocenters. The van der Waals surface area contributed by atoms with Gasteiger partial charge in [0.25, 0.3) is 0 Å². The monoisotopic (exact) mass is 490 g/mol. The van der Waals surface area contributed by atoms with Crippen LogP contribution in [-0.4, -0.2) is 26.9 Å². The molecule has 0 N–H and O–H groups in total. The van der Waals surface area contributed by atoms with Crippen molar-refractivity contribution in [3.05, 3.63) is 64.6 Å². The van der Waals surface area contributed by atoms with E-state index in [2.05, 4.69) is 44.3 Å². The molecule has 0 aliphatic rings. The van der Waals surface area contributed by atoms with Gasteiger partial charge in [-0.15, -0.1) is 10.2 Å². The Morgan fingerprint density at radius 1 is 1.03 bits per heavy atom. The first-order chi connectivity index (χ1) is 15.2. The highest BCUT2D eigenvalue weighted by atomic mass is 79.9. The summed E-state index contributed by atoms with van der Waals surface area (Å²) in [5, 5.41) is 17.6. The lowest BCUT2D eigenvalue weighted by Gasteiger charge is -2.11. The number of aromatic nitrogens is 4. The van der Waals surface area contributed by atoms with Crippen LogP contribution in [0.3, 0.4) is 0 Å². The normalized spacial score (nSPS) is 11.7. The minimum absolute atomic E-state index is 0.588. The van der Waals surface area contributed by atoms with Crippen LogP contribution in [0.4, 0.5) is 0 Å². The van der Waals surface area contributed by atoms with E-state index in [-0.39, 0.29) is 0 Å². The second kappa shape index (κ2) is 6.90. The van der Waals surface area contributed by atoms with Gasteiger partial charge in [0.2, 0.25) is 10.8 Å². The minimum atomic E-state index is 0.588. The van der Waals surface area contributed by atoms with Crippen molar-refractivity contribution < 1.29 is 9.15 Å². The molecule has 0 aliphatic heterocycles. The largest absolute Gasteiger partial charge is 0.495 e. The molecule has 0 aliphatic carbocycles. The van der Waals surface area contributed by atoms with E-state index >= 15 is 0 Å². The Bertz CT molecular complexity index is 1610. The van der Waals surface area contributed by atoms with Gasteiger partial charge < -0.3 is 9.15 Å². The van der Waals surface area contributed by atoms with E-state index < -0.39 is 0 Å². The molecule has 0 atom stereocenters. The number of halogens is 1. The molecule has 6 nitrogen and oxygen atoms in total. The molecule has 0 saturated heterocycles. The molecular formula is C23H15BrN4O2S. The van der Waals surface area contributed by atoms with E-state index in [0.29, 0.717) is 16.5 Å². The number of hydrogen-bond acceptors (Lipinski definition) is 6. The highest BCUT2D eigenvalue weighted by Crippen LogP contribution is 2.43. The van der Waals surface area contributed by atoms with Crippen molar-refractivity contribution in [2.45, 2.75) is 6.92 Å². The topological polar surface area (TPSA) is 65.5 Å². The van der Waals surface area contributed by atoms with Gasteiger partial charge in [-0.1, -0.05) is 53.8 Å². The van der Waals surface area contributed by atoms with E-state index in [0.717, 1.165) is 48.1 Å². The summed E-state index contributed by atoms with van der Waals surface area (Å²) in [4.78, 5) is 0.691. The molecule has 3 heterocycles. The first kappa shape index (κ1) is 18.5. The van der Waals surface area contributed by atoms with Crippen LogP contribution < -0.4 is 4.74 Å². The van der Waals surface area contributed by atoms with E-state index in [4.69, 9.17) is 14.3 Å².